The zero-order chi connectivity index (χ0) is 20.3. The fourth-order valence-corrected chi connectivity index (χ4v) is 2.57. The summed E-state index contributed by atoms with van der Waals surface area (Å²) in [6, 6.07) is 13.6. The molecule has 1 heterocycles. The Morgan fingerprint density at radius 1 is 1.11 bits per heavy atom. The van der Waals surface area contributed by atoms with E-state index in [2.05, 4.69) is 15.5 Å². The van der Waals surface area contributed by atoms with Gasteiger partial charge in [0.1, 0.15) is 5.56 Å². The molecule has 3 aromatic rings. The fraction of sp³-hybridized carbons (Fsp3) is 0.100. The Bertz CT molecular complexity index is 1180. The molecule has 0 fully saturated rings. The lowest BCUT2D eigenvalue weighted by molar-refractivity contribution is 0.0955. The van der Waals surface area contributed by atoms with Gasteiger partial charge in [-0.15, -0.1) is 0 Å². The molecule has 2 aromatic carbocycles. The molecule has 0 aliphatic carbocycles. The second-order valence-electron chi connectivity index (χ2n) is 6.17. The minimum atomic E-state index is -0.819. The maximum Gasteiger partial charge on any atom is 0.335 e. The molecule has 8 nitrogen and oxygen atoms in total. The van der Waals surface area contributed by atoms with Gasteiger partial charge < -0.3 is 5.11 Å². The number of hydrogen-bond acceptors (Lipinski definition) is 5. The van der Waals surface area contributed by atoms with Crippen molar-refractivity contribution in [3.63, 3.8) is 0 Å². The molecule has 0 saturated carbocycles. The Morgan fingerprint density at radius 3 is 2.50 bits per heavy atom. The molecule has 8 heteroatoms. The van der Waals surface area contributed by atoms with Crippen LogP contribution in [0.2, 0.25) is 0 Å². The quantitative estimate of drug-likeness (QED) is 0.472. The molecule has 0 aliphatic heterocycles. The highest BCUT2D eigenvalue weighted by Gasteiger charge is 2.15. The standard InChI is InChI=1S/C20H18N4O4/c1-12-8-9-15(10-13(12)2)24-19(27)16(18(26)22-20(24)28)11-21-23-17(25)14-6-4-3-5-7-14/h3-11,27H,1-2H3,(H,23,25)(H,22,26,28)/b21-11+. The average Bonchev–Trinajstić information content (AvgIpc) is 2.67. The van der Waals surface area contributed by atoms with E-state index in [-0.39, 0.29) is 5.56 Å². The topological polar surface area (TPSA) is 117 Å². The van der Waals surface area contributed by atoms with Crippen molar-refractivity contribution in [3.8, 4) is 11.6 Å². The number of benzene rings is 2. The highest BCUT2D eigenvalue weighted by Crippen LogP contribution is 2.18. The van der Waals surface area contributed by atoms with Crippen LogP contribution in [0.1, 0.15) is 27.0 Å². The van der Waals surface area contributed by atoms with Crippen molar-refractivity contribution in [2.75, 3.05) is 0 Å². The summed E-state index contributed by atoms with van der Waals surface area (Å²) in [5.41, 5.74) is 3.13. The number of aromatic hydroxyl groups is 1. The number of amides is 1. The number of aryl methyl sites for hydroxylation is 2. The van der Waals surface area contributed by atoms with Gasteiger partial charge in [0, 0.05) is 5.56 Å². The van der Waals surface area contributed by atoms with Gasteiger partial charge in [0.2, 0.25) is 5.88 Å². The van der Waals surface area contributed by atoms with E-state index in [9.17, 15) is 19.5 Å². The number of carbonyl (C=O) groups excluding carboxylic acids is 1. The summed E-state index contributed by atoms with van der Waals surface area (Å²) in [6.07, 6.45) is 0.992. The van der Waals surface area contributed by atoms with Crippen LogP contribution in [-0.4, -0.2) is 26.8 Å². The van der Waals surface area contributed by atoms with Crippen LogP contribution >= 0.6 is 0 Å². The number of aromatic nitrogens is 2. The van der Waals surface area contributed by atoms with E-state index in [1.807, 2.05) is 13.8 Å². The van der Waals surface area contributed by atoms with Gasteiger partial charge in [0.25, 0.3) is 11.5 Å². The number of rotatable bonds is 4. The van der Waals surface area contributed by atoms with Crippen molar-refractivity contribution in [3.05, 3.63) is 91.6 Å². The van der Waals surface area contributed by atoms with Gasteiger partial charge in [0.15, 0.2) is 0 Å². The van der Waals surface area contributed by atoms with Crippen LogP contribution in [0.4, 0.5) is 0 Å². The molecule has 0 unspecified atom stereocenters. The van der Waals surface area contributed by atoms with Gasteiger partial charge in [-0.05, 0) is 49.2 Å². The number of carbonyl (C=O) groups is 1. The molecule has 28 heavy (non-hydrogen) atoms. The van der Waals surface area contributed by atoms with Crippen molar-refractivity contribution in [1.82, 2.24) is 15.0 Å². The first-order valence-electron chi connectivity index (χ1n) is 8.43. The second-order valence-corrected chi connectivity index (χ2v) is 6.17. The number of H-pyrrole nitrogens is 1. The molecule has 0 bridgehead atoms. The monoisotopic (exact) mass is 378 g/mol. The van der Waals surface area contributed by atoms with Gasteiger partial charge in [-0.2, -0.15) is 5.10 Å². The van der Waals surface area contributed by atoms with E-state index in [4.69, 9.17) is 0 Å². The van der Waals surface area contributed by atoms with Crippen LogP contribution in [0.25, 0.3) is 5.69 Å². The van der Waals surface area contributed by atoms with Gasteiger partial charge in [-0.25, -0.2) is 14.8 Å². The number of hydrogen-bond donors (Lipinski definition) is 3. The van der Waals surface area contributed by atoms with Crippen molar-refractivity contribution in [2.45, 2.75) is 13.8 Å². The lowest BCUT2D eigenvalue weighted by Crippen LogP contribution is -2.31. The summed E-state index contributed by atoms with van der Waals surface area (Å²) in [5.74, 6) is -1.05. The highest BCUT2D eigenvalue weighted by molar-refractivity contribution is 5.94. The molecule has 0 spiro atoms. The average molecular weight is 378 g/mol. The van der Waals surface area contributed by atoms with Crippen LogP contribution in [0.3, 0.4) is 0 Å². The number of nitrogens with zero attached hydrogens (tertiary/aromatic N) is 2. The Morgan fingerprint density at radius 2 is 1.82 bits per heavy atom. The molecular formula is C20H18N4O4. The maximum absolute atomic E-state index is 12.2. The predicted molar refractivity (Wildman–Crippen MR) is 105 cm³/mol. The van der Waals surface area contributed by atoms with Crippen LogP contribution in [0.15, 0.2) is 63.2 Å². The SMILES string of the molecule is Cc1ccc(-n2c(O)c(/C=N/NC(=O)c3ccccc3)c(=O)[nH]c2=O)cc1C. The van der Waals surface area contributed by atoms with Crippen molar-refractivity contribution < 1.29 is 9.90 Å². The van der Waals surface area contributed by atoms with E-state index < -0.39 is 23.0 Å². The van der Waals surface area contributed by atoms with Crippen molar-refractivity contribution in [2.24, 2.45) is 5.10 Å². The first-order chi connectivity index (χ1) is 13.4. The van der Waals surface area contributed by atoms with Crippen LogP contribution in [-0.2, 0) is 0 Å². The summed E-state index contributed by atoms with van der Waals surface area (Å²) in [4.78, 5) is 38.4. The third kappa shape index (κ3) is 3.75. The van der Waals surface area contributed by atoms with Gasteiger partial charge in [-0.1, -0.05) is 24.3 Å². The Balaban J connectivity index is 1.96. The van der Waals surface area contributed by atoms with Crippen LogP contribution in [0, 0.1) is 13.8 Å². The largest absolute Gasteiger partial charge is 0.493 e. The smallest absolute Gasteiger partial charge is 0.335 e. The van der Waals surface area contributed by atoms with E-state index >= 15 is 0 Å². The third-order valence-electron chi connectivity index (χ3n) is 4.27. The van der Waals surface area contributed by atoms with Gasteiger partial charge in [-0.3, -0.25) is 14.6 Å². The summed E-state index contributed by atoms with van der Waals surface area (Å²) in [6.45, 7) is 3.79. The van der Waals surface area contributed by atoms with Gasteiger partial charge >= 0.3 is 5.69 Å². The summed E-state index contributed by atoms with van der Waals surface area (Å²) >= 11 is 0. The molecular weight excluding hydrogens is 360 g/mol. The minimum absolute atomic E-state index is 0.258. The first-order valence-corrected chi connectivity index (χ1v) is 8.43. The summed E-state index contributed by atoms with van der Waals surface area (Å²) < 4.78 is 0.966. The molecule has 3 N–H and O–H groups in total. The summed E-state index contributed by atoms with van der Waals surface area (Å²) in [7, 11) is 0. The van der Waals surface area contributed by atoms with E-state index in [0.717, 1.165) is 21.9 Å². The van der Waals surface area contributed by atoms with E-state index in [1.165, 1.54) is 0 Å². The zero-order valence-corrected chi connectivity index (χ0v) is 15.3. The molecule has 0 aliphatic rings. The van der Waals surface area contributed by atoms with Gasteiger partial charge in [0.05, 0.1) is 11.9 Å². The Kier molecular flexibility index (Phi) is 5.21. The second kappa shape index (κ2) is 7.75. The first kappa shape index (κ1) is 18.8. The lowest BCUT2D eigenvalue weighted by atomic mass is 10.1. The third-order valence-corrected chi connectivity index (χ3v) is 4.27. The summed E-state index contributed by atoms with van der Waals surface area (Å²) in [5, 5.41) is 14.2. The Labute approximate surface area is 159 Å². The van der Waals surface area contributed by atoms with Crippen LogP contribution in [0.5, 0.6) is 5.88 Å². The van der Waals surface area contributed by atoms with E-state index in [1.54, 1.807) is 48.5 Å². The minimum Gasteiger partial charge on any atom is -0.493 e. The van der Waals surface area contributed by atoms with Crippen molar-refractivity contribution in [1.29, 1.82) is 0 Å². The van der Waals surface area contributed by atoms with E-state index in [0.29, 0.717) is 11.3 Å². The number of aromatic amines is 1. The molecule has 0 saturated heterocycles. The molecule has 0 atom stereocenters. The molecule has 3 rings (SSSR count). The predicted octanol–water partition coefficient (Wildman–Crippen LogP) is 1.61. The fourth-order valence-electron chi connectivity index (χ4n) is 2.57. The highest BCUT2D eigenvalue weighted by atomic mass is 16.3. The molecule has 1 aromatic heterocycles. The molecule has 142 valence electrons. The Hall–Kier alpha value is -3.94. The van der Waals surface area contributed by atoms with Crippen LogP contribution < -0.4 is 16.7 Å². The lowest BCUT2D eigenvalue weighted by Gasteiger charge is -2.11. The number of nitrogens with one attached hydrogen (secondary N) is 2. The number of hydrazone groups is 1. The molecule has 1 amide bonds. The maximum atomic E-state index is 12.2. The van der Waals surface area contributed by atoms with Crippen molar-refractivity contribution >= 4 is 12.1 Å². The normalized spacial score (nSPS) is 10.9. The molecule has 0 radical (unpaired) electrons. The zero-order valence-electron chi connectivity index (χ0n) is 15.3.